The lowest BCUT2D eigenvalue weighted by Crippen LogP contribution is -2.23. The van der Waals surface area contributed by atoms with Crippen LogP contribution >= 0.6 is 0 Å². The first-order valence-corrected chi connectivity index (χ1v) is 4.89. The highest BCUT2D eigenvalue weighted by atomic mass is 16.5. The van der Waals surface area contributed by atoms with Gasteiger partial charge in [-0.2, -0.15) is 0 Å². The predicted octanol–water partition coefficient (Wildman–Crippen LogP) is 1.29. The molecule has 0 saturated carbocycles. The molecule has 0 saturated heterocycles. The predicted molar refractivity (Wildman–Crippen MR) is 55.8 cm³/mol. The van der Waals surface area contributed by atoms with Crippen LogP contribution in [-0.2, 0) is 14.3 Å². The molecule has 1 aliphatic heterocycles. The second-order valence-corrected chi connectivity index (χ2v) is 3.39. The van der Waals surface area contributed by atoms with E-state index >= 15 is 0 Å². The van der Waals surface area contributed by atoms with Gasteiger partial charge < -0.3 is 10.1 Å². The number of esters is 1. The molecule has 82 valence electrons. The highest BCUT2D eigenvalue weighted by molar-refractivity contribution is 5.92. The summed E-state index contributed by atoms with van der Waals surface area (Å²) in [5.74, 6) is -0.352. The van der Waals surface area contributed by atoms with Crippen molar-refractivity contribution in [1.29, 1.82) is 0 Å². The van der Waals surface area contributed by atoms with Crippen molar-refractivity contribution >= 4 is 12.3 Å². The number of dihydropyridines is 1. The maximum atomic E-state index is 11.5. The fourth-order valence-electron chi connectivity index (χ4n) is 1.47. The number of ether oxygens (including phenoxy) is 1. The minimum atomic E-state index is -0.352. The zero-order valence-corrected chi connectivity index (χ0v) is 9.22. The van der Waals surface area contributed by atoms with Crippen molar-refractivity contribution in [3.05, 3.63) is 22.5 Å². The van der Waals surface area contributed by atoms with E-state index in [1.165, 1.54) is 0 Å². The Hall–Kier alpha value is -1.58. The van der Waals surface area contributed by atoms with Crippen molar-refractivity contribution in [2.75, 3.05) is 6.61 Å². The zero-order chi connectivity index (χ0) is 11.4. The smallest absolute Gasteiger partial charge is 0.336 e. The number of rotatable bonds is 3. The Morgan fingerprint density at radius 2 is 2.13 bits per heavy atom. The molecular weight excluding hydrogens is 194 g/mol. The second-order valence-electron chi connectivity index (χ2n) is 3.39. The first-order valence-electron chi connectivity index (χ1n) is 4.89. The maximum absolute atomic E-state index is 11.5. The molecule has 4 nitrogen and oxygen atoms in total. The van der Waals surface area contributed by atoms with Gasteiger partial charge in [0.1, 0.15) is 6.29 Å². The van der Waals surface area contributed by atoms with E-state index in [9.17, 15) is 9.59 Å². The molecule has 0 aliphatic carbocycles. The molecule has 0 amide bonds. The third-order valence-corrected chi connectivity index (χ3v) is 2.34. The summed E-state index contributed by atoms with van der Waals surface area (Å²) in [6, 6.07) is 0. The Morgan fingerprint density at radius 1 is 1.47 bits per heavy atom. The number of nitrogens with one attached hydrogen (secondary N) is 1. The van der Waals surface area contributed by atoms with Gasteiger partial charge in [0.05, 0.1) is 12.2 Å². The monoisotopic (exact) mass is 209 g/mol. The van der Waals surface area contributed by atoms with Gasteiger partial charge in [-0.25, -0.2) is 4.79 Å². The molecule has 0 atom stereocenters. The van der Waals surface area contributed by atoms with Crippen molar-refractivity contribution < 1.29 is 14.3 Å². The summed E-state index contributed by atoms with van der Waals surface area (Å²) in [5, 5.41) is 3.00. The van der Waals surface area contributed by atoms with Gasteiger partial charge in [-0.3, -0.25) is 4.79 Å². The molecule has 0 fully saturated rings. The third kappa shape index (κ3) is 2.46. The largest absolute Gasteiger partial charge is 0.463 e. The second kappa shape index (κ2) is 4.77. The molecule has 0 aromatic carbocycles. The van der Waals surface area contributed by atoms with E-state index in [1.807, 2.05) is 6.92 Å². The van der Waals surface area contributed by atoms with E-state index in [1.54, 1.807) is 13.8 Å². The van der Waals surface area contributed by atoms with Crippen LogP contribution in [-0.4, -0.2) is 18.9 Å². The van der Waals surface area contributed by atoms with Gasteiger partial charge in [-0.05, 0) is 20.8 Å². The average molecular weight is 209 g/mol. The van der Waals surface area contributed by atoms with E-state index in [0.29, 0.717) is 24.2 Å². The highest BCUT2D eigenvalue weighted by Crippen LogP contribution is 2.22. The van der Waals surface area contributed by atoms with Crippen LogP contribution in [0.5, 0.6) is 0 Å². The van der Waals surface area contributed by atoms with Crippen molar-refractivity contribution in [3.8, 4) is 0 Å². The number of hydrogen-bond acceptors (Lipinski definition) is 4. The summed E-state index contributed by atoms with van der Waals surface area (Å²) in [7, 11) is 0. The quantitative estimate of drug-likeness (QED) is 0.562. The molecule has 1 heterocycles. The number of carbonyl (C=O) groups excluding carboxylic acids is 2. The summed E-state index contributed by atoms with van der Waals surface area (Å²) < 4.78 is 4.90. The zero-order valence-electron chi connectivity index (χ0n) is 9.22. The van der Waals surface area contributed by atoms with E-state index in [0.717, 1.165) is 17.7 Å². The summed E-state index contributed by atoms with van der Waals surface area (Å²) in [5.41, 5.74) is 2.69. The molecule has 1 N–H and O–H groups in total. The van der Waals surface area contributed by atoms with Gasteiger partial charge >= 0.3 is 5.97 Å². The standard InChI is InChI=1S/C11H15NO3/c1-4-15-11(14)10-5-9(6-13)7(2)12-8(10)3/h6,12H,4-5H2,1-3H3. The average Bonchev–Trinajstić information content (AvgIpc) is 2.18. The number of aldehydes is 1. The van der Waals surface area contributed by atoms with Crippen LogP contribution < -0.4 is 5.32 Å². The van der Waals surface area contributed by atoms with Gasteiger partial charge in [0.15, 0.2) is 0 Å². The van der Waals surface area contributed by atoms with Crippen molar-refractivity contribution in [2.24, 2.45) is 0 Å². The SMILES string of the molecule is CCOC(=O)C1=C(C)NC(C)=C(C=O)C1. The first-order chi connectivity index (χ1) is 7.10. The Bertz CT molecular complexity index is 353. The Balaban J connectivity index is 2.87. The summed E-state index contributed by atoms with van der Waals surface area (Å²) in [6.45, 7) is 5.72. The fraction of sp³-hybridized carbons (Fsp3) is 0.455. The lowest BCUT2D eigenvalue weighted by atomic mass is 9.99. The topological polar surface area (TPSA) is 55.4 Å². The van der Waals surface area contributed by atoms with E-state index in [4.69, 9.17) is 4.74 Å². The van der Waals surface area contributed by atoms with Crippen molar-refractivity contribution in [2.45, 2.75) is 27.2 Å². The Morgan fingerprint density at radius 3 is 2.67 bits per heavy atom. The maximum Gasteiger partial charge on any atom is 0.336 e. The lowest BCUT2D eigenvalue weighted by Gasteiger charge is -2.20. The molecule has 1 rings (SSSR count). The minimum absolute atomic E-state index is 0.342. The van der Waals surface area contributed by atoms with Crippen LogP contribution in [0, 0.1) is 0 Å². The summed E-state index contributed by atoms with van der Waals surface area (Å²) >= 11 is 0. The van der Waals surface area contributed by atoms with E-state index in [2.05, 4.69) is 5.32 Å². The molecule has 4 heteroatoms. The first kappa shape index (κ1) is 11.5. The fourth-order valence-corrected chi connectivity index (χ4v) is 1.47. The molecule has 0 unspecified atom stereocenters. The normalized spacial score (nSPS) is 16.2. The molecule has 0 aromatic heterocycles. The van der Waals surface area contributed by atoms with Crippen molar-refractivity contribution in [3.63, 3.8) is 0 Å². The molecule has 0 radical (unpaired) electrons. The van der Waals surface area contributed by atoms with Crippen LogP contribution in [0.15, 0.2) is 22.5 Å². The van der Waals surface area contributed by atoms with Crippen LogP contribution in [0.25, 0.3) is 0 Å². The van der Waals surface area contributed by atoms with Crippen LogP contribution in [0.4, 0.5) is 0 Å². The lowest BCUT2D eigenvalue weighted by molar-refractivity contribution is -0.138. The van der Waals surface area contributed by atoms with Gasteiger partial charge in [-0.15, -0.1) is 0 Å². The molecule has 0 spiro atoms. The van der Waals surface area contributed by atoms with E-state index in [-0.39, 0.29) is 5.97 Å². The molecule has 0 aromatic rings. The number of allylic oxidation sites excluding steroid dienone is 3. The summed E-state index contributed by atoms with van der Waals surface area (Å²) in [6.07, 6.45) is 1.13. The van der Waals surface area contributed by atoms with Gasteiger partial charge in [0.2, 0.25) is 0 Å². The molecule has 0 bridgehead atoms. The molecule has 15 heavy (non-hydrogen) atoms. The van der Waals surface area contributed by atoms with Gasteiger partial charge in [-0.1, -0.05) is 0 Å². The summed E-state index contributed by atoms with van der Waals surface area (Å²) in [4.78, 5) is 22.2. The minimum Gasteiger partial charge on any atom is -0.463 e. The van der Waals surface area contributed by atoms with E-state index < -0.39 is 0 Å². The van der Waals surface area contributed by atoms with Crippen molar-refractivity contribution in [1.82, 2.24) is 5.32 Å². The number of carbonyl (C=O) groups is 2. The Kier molecular flexibility index (Phi) is 3.66. The molecule has 1 aliphatic rings. The van der Waals surface area contributed by atoms with Gasteiger partial charge in [0.25, 0.3) is 0 Å². The van der Waals surface area contributed by atoms with Crippen LogP contribution in [0.2, 0.25) is 0 Å². The highest BCUT2D eigenvalue weighted by Gasteiger charge is 2.21. The van der Waals surface area contributed by atoms with Gasteiger partial charge in [0, 0.05) is 23.4 Å². The Labute approximate surface area is 89.0 Å². The number of hydrogen-bond donors (Lipinski definition) is 1. The molecular formula is C11H15NO3. The van der Waals surface area contributed by atoms with Crippen LogP contribution in [0.3, 0.4) is 0 Å². The van der Waals surface area contributed by atoms with Crippen LogP contribution in [0.1, 0.15) is 27.2 Å². The third-order valence-electron chi connectivity index (χ3n) is 2.34.